The van der Waals surface area contributed by atoms with E-state index < -0.39 is 6.04 Å². The second kappa shape index (κ2) is 8.57. The van der Waals surface area contributed by atoms with Gasteiger partial charge in [-0.15, -0.1) is 0 Å². The Morgan fingerprint density at radius 2 is 1.83 bits per heavy atom. The van der Waals surface area contributed by atoms with E-state index in [1.807, 2.05) is 18.2 Å². The average molecular weight is 334 g/mol. The topological polar surface area (TPSA) is 76.7 Å². The number of amides is 2. The minimum atomic E-state index is -0.454. The largest absolute Gasteiger partial charge is 0.493 e. The second-order valence-corrected chi connectivity index (χ2v) is 6.13. The van der Waals surface area contributed by atoms with E-state index in [1.165, 1.54) is 6.92 Å². The van der Waals surface area contributed by atoms with Crippen molar-refractivity contribution in [2.45, 2.75) is 45.2 Å². The molecule has 0 bridgehead atoms. The molecule has 1 aromatic rings. The molecule has 0 aromatic heterocycles. The van der Waals surface area contributed by atoms with Crippen molar-refractivity contribution in [1.29, 1.82) is 0 Å². The molecule has 1 aliphatic carbocycles. The van der Waals surface area contributed by atoms with Gasteiger partial charge in [-0.05, 0) is 36.5 Å². The van der Waals surface area contributed by atoms with Gasteiger partial charge in [-0.1, -0.05) is 18.9 Å². The molecule has 24 heavy (non-hydrogen) atoms. The minimum absolute atomic E-state index is 0.133. The monoisotopic (exact) mass is 334 g/mol. The van der Waals surface area contributed by atoms with Crippen molar-refractivity contribution in [2.75, 3.05) is 14.2 Å². The zero-order valence-electron chi connectivity index (χ0n) is 14.6. The molecule has 2 amide bonds. The van der Waals surface area contributed by atoms with Gasteiger partial charge >= 0.3 is 0 Å². The van der Waals surface area contributed by atoms with E-state index in [-0.39, 0.29) is 17.7 Å². The zero-order valence-corrected chi connectivity index (χ0v) is 14.6. The fraction of sp³-hybridized carbons (Fsp3) is 0.556. The lowest BCUT2D eigenvalue weighted by molar-refractivity contribution is -0.129. The average Bonchev–Trinajstić information content (AvgIpc) is 3.11. The highest BCUT2D eigenvalue weighted by atomic mass is 16.5. The third kappa shape index (κ3) is 4.63. The molecule has 6 heteroatoms. The molecule has 1 saturated carbocycles. The van der Waals surface area contributed by atoms with E-state index in [4.69, 9.17) is 9.47 Å². The summed E-state index contributed by atoms with van der Waals surface area (Å²) in [6, 6.07) is 5.07. The lowest BCUT2D eigenvalue weighted by atomic mass is 9.97. The number of hydrogen-bond donors (Lipinski definition) is 2. The summed E-state index contributed by atoms with van der Waals surface area (Å²) in [6.07, 6.45) is 4.19. The number of ether oxygens (including phenoxy) is 2. The van der Waals surface area contributed by atoms with Gasteiger partial charge in [0.05, 0.1) is 14.2 Å². The predicted octanol–water partition coefficient (Wildman–Crippen LogP) is 2.01. The minimum Gasteiger partial charge on any atom is -0.493 e. The van der Waals surface area contributed by atoms with E-state index in [2.05, 4.69) is 10.6 Å². The fourth-order valence-electron chi connectivity index (χ4n) is 3.20. The zero-order chi connectivity index (χ0) is 17.5. The van der Waals surface area contributed by atoms with Crippen molar-refractivity contribution in [3.05, 3.63) is 23.8 Å². The number of hydrogen-bond acceptors (Lipinski definition) is 4. The summed E-state index contributed by atoms with van der Waals surface area (Å²) in [7, 11) is 3.16. The Morgan fingerprint density at radius 3 is 2.42 bits per heavy atom. The Morgan fingerprint density at radius 1 is 1.17 bits per heavy atom. The summed E-state index contributed by atoms with van der Waals surface area (Å²) >= 11 is 0. The molecular formula is C18H26N2O4. The Labute approximate surface area is 142 Å². The van der Waals surface area contributed by atoms with Crippen LogP contribution in [0.1, 0.15) is 38.2 Å². The van der Waals surface area contributed by atoms with Crippen LogP contribution in [0, 0.1) is 5.92 Å². The predicted molar refractivity (Wildman–Crippen MR) is 91.0 cm³/mol. The number of benzene rings is 1. The van der Waals surface area contributed by atoms with Crippen molar-refractivity contribution in [3.8, 4) is 11.5 Å². The smallest absolute Gasteiger partial charge is 0.243 e. The van der Waals surface area contributed by atoms with Gasteiger partial charge in [0.15, 0.2) is 11.5 Å². The first-order valence-corrected chi connectivity index (χ1v) is 8.31. The van der Waals surface area contributed by atoms with Gasteiger partial charge in [0.25, 0.3) is 0 Å². The molecule has 1 aliphatic rings. The lowest BCUT2D eigenvalue weighted by Gasteiger charge is -2.23. The maximum absolute atomic E-state index is 12.5. The standard InChI is InChI=1S/C18H26N2O4/c1-12(21)20-17(14-6-4-5-7-14)18(22)19-11-13-8-9-15(23-2)16(10-13)24-3/h8-10,14,17H,4-7,11H2,1-3H3,(H,19,22)(H,20,21). The quantitative estimate of drug-likeness (QED) is 0.800. The first kappa shape index (κ1) is 18.1. The third-order valence-corrected chi connectivity index (χ3v) is 4.43. The number of rotatable bonds is 7. The highest BCUT2D eigenvalue weighted by molar-refractivity contribution is 5.87. The van der Waals surface area contributed by atoms with Crippen LogP contribution in [0.3, 0.4) is 0 Å². The normalized spacial score (nSPS) is 15.6. The van der Waals surface area contributed by atoms with Gasteiger partial charge in [-0.2, -0.15) is 0 Å². The van der Waals surface area contributed by atoms with Gasteiger partial charge in [0, 0.05) is 13.5 Å². The van der Waals surface area contributed by atoms with Crippen molar-refractivity contribution in [3.63, 3.8) is 0 Å². The van der Waals surface area contributed by atoms with Crippen molar-refractivity contribution in [1.82, 2.24) is 10.6 Å². The van der Waals surface area contributed by atoms with Gasteiger partial charge in [-0.3, -0.25) is 9.59 Å². The number of nitrogens with one attached hydrogen (secondary N) is 2. The van der Waals surface area contributed by atoms with Crippen LogP contribution in [0.15, 0.2) is 18.2 Å². The van der Waals surface area contributed by atoms with E-state index in [1.54, 1.807) is 14.2 Å². The van der Waals surface area contributed by atoms with Crippen LogP contribution in [0.4, 0.5) is 0 Å². The lowest BCUT2D eigenvalue weighted by Crippen LogP contribution is -2.49. The highest BCUT2D eigenvalue weighted by Crippen LogP contribution is 2.29. The van der Waals surface area contributed by atoms with E-state index in [0.29, 0.717) is 18.0 Å². The first-order valence-electron chi connectivity index (χ1n) is 8.31. The van der Waals surface area contributed by atoms with Gasteiger partial charge in [0.1, 0.15) is 6.04 Å². The van der Waals surface area contributed by atoms with Crippen LogP contribution < -0.4 is 20.1 Å². The molecule has 0 aliphatic heterocycles. The second-order valence-electron chi connectivity index (χ2n) is 6.13. The molecule has 0 radical (unpaired) electrons. The summed E-state index contributed by atoms with van der Waals surface area (Å²) in [6.45, 7) is 1.82. The summed E-state index contributed by atoms with van der Waals surface area (Å²) in [5, 5.41) is 5.72. The molecule has 1 fully saturated rings. The Balaban J connectivity index is 2.00. The van der Waals surface area contributed by atoms with Gasteiger partial charge in [-0.25, -0.2) is 0 Å². The SMILES string of the molecule is COc1ccc(CNC(=O)C(NC(C)=O)C2CCCC2)cc1OC. The van der Waals surface area contributed by atoms with Crippen LogP contribution in [-0.4, -0.2) is 32.1 Å². The molecule has 0 heterocycles. The van der Waals surface area contributed by atoms with Crippen LogP contribution in [0.5, 0.6) is 11.5 Å². The van der Waals surface area contributed by atoms with Crippen molar-refractivity contribution in [2.24, 2.45) is 5.92 Å². The molecule has 0 spiro atoms. The first-order chi connectivity index (χ1) is 11.5. The maximum atomic E-state index is 12.5. The Kier molecular flexibility index (Phi) is 6.46. The number of carbonyl (C=O) groups excluding carboxylic acids is 2. The van der Waals surface area contributed by atoms with E-state index >= 15 is 0 Å². The highest BCUT2D eigenvalue weighted by Gasteiger charge is 2.31. The van der Waals surface area contributed by atoms with Crippen LogP contribution in [0.2, 0.25) is 0 Å². The maximum Gasteiger partial charge on any atom is 0.243 e. The van der Waals surface area contributed by atoms with Crippen molar-refractivity contribution >= 4 is 11.8 Å². The molecule has 2 rings (SSSR count). The molecule has 6 nitrogen and oxygen atoms in total. The van der Waals surface area contributed by atoms with Gasteiger partial charge in [0.2, 0.25) is 11.8 Å². The molecule has 1 aromatic carbocycles. The summed E-state index contributed by atoms with van der Waals surface area (Å²) in [5.74, 6) is 1.19. The van der Waals surface area contributed by atoms with Gasteiger partial charge < -0.3 is 20.1 Å². The van der Waals surface area contributed by atoms with Crippen LogP contribution >= 0.6 is 0 Å². The summed E-state index contributed by atoms with van der Waals surface area (Å²) in [5.41, 5.74) is 0.911. The Hall–Kier alpha value is -2.24. The van der Waals surface area contributed by atoms with Crippen LogP contribution in [0.25, 0.3) is 0 Å². The molecule has 1 atom stereocenters. The van der Waals surface area contributed by atoms with Crippen LogP contribution in [-0.2, 0) is 16.1 Å². The Bertz CT molecular complexity index is 582. The van der Waals surface area contributed by atoms with Crippen molar-refractivity contribution < 1.29 is 19.1 Å². The third-order valence-electron chi connectivity index (χ3n) is 4.43. The fourth-order valence-corrected chi connectivity index (χ4v) is 3.20. The molecular weight excluding hydrogens is 308 g/mol. The molecule has 0 saturated heterocycles. The molecule has 1 unspecified atom stereocenters. The number of methoxy groups -OCH3 is 2. The molecule has 2 N–H and O–H groups in total. The molecule has 132 valence electrons. The summed E-state index contributed by atoms with van der Waals surface area (Å²) in [4.78, 5) is 24.0. The number of carbonyl (C=O) groups is 2. The van der Waals surface area contributed by atoms with E-state index in [9.17, 15) is 9.59 Å². The summed E-state index contributed by atoms with van der Waals surface area (Å²) < 4.78 is 10.5. The van der Waals surface area contributed by atoms with E-state index in [0.717, 1.165) is 31.2 Å².